The fourth-order valence-electron chi connectivity index (χ4n) is 1.98. The summed E-state index contributed by atoms with van der Waals surface area (Å²) in [7, 11) is 0. The molecule has 0 N–H and O–H groups in total. The van der Waals surface area contributed by atoms with Crippen LogP contribution in [0.3, 0.4) is 0 Å². The minimum Gasteiger partial charge on any atom is -0.294 e. The van der Waals surface area contributed by atoms with Crippen LogP contribution in [0, 0.1) is 24.7 Å². The lowest BCUT2D eigenvalue weighted by molar-refractivity contribution is -0.157. The maximum atomic E-state index is 13.1. The van der Waals surface area contributed by atoms with Gasteiger partial charge < -0.3 is 0 Å². The molecule has 0 aliphatic heterocycles. The van der Waals surface area contributed by atoms with Gasteiger partial charge in [-0.1, -0.05) is 59.9 Å². The highest BCUT2D eigenvalue weighted by Gasteiger charge is 2.39. The molecule has 1 atom stereocenters. The predicted molar refractivity (Wildman–Crippen MR) is 83.0 cm³/mol. The van der Waals surface area contributed by atoms with Crippen molar-refractivity contribution in [3.63, 3.8) is 0 Å². The molecule has 0 amide bonds. The van der Waals surface area contributed by atoms with Gasteiger partial charge in [0, 0.05) is 17.5 Å². The van der Waals surface area contributed by atoms with Crippen LogP contribution < -0.4 is 0 Å². The van der Waals surface area contributed by atoms with E-state index in [4.69, 9.17) is 0 Å². The Labute approximate surface area is 133 Å². The second-order valence-electron chi connectivity index (χ2n) is 5.22. The van der Waals surface area contributed by atoms with Crippen molar-refractivity contribution in [3.05, 3.63) is 71.3 Å². The summed E-state index contributed by atoms with van der Waals surface area (Å²) < 4.78 is 39.3. The largest absolute Gasteiger partial charge is 0.402 e. The van der Waals surface area contributed by atoms with E-state index in [1.54, 1.807) is 42.5 Å². The van der Waals surface area contributed by atoms with E-state index in [1.165, 1.54) is 12.1 Å². The van der Waals surface area contributed by atoms with E-state index in [9.17, 15) is 18.0 Å². The van der Waals surface area contributed by atoms with E-state index in [0.29, 0.717) is 5.56 Å². The fourth-order valence-corrected chi connectivity index (χ4v) is 1.98. The van der Waals surface area contributed by atoms with Gasteiger partial charge in [0.1, 0.15) is 5.92 Å². The predicted octanol–water partition coefficient (Wildman–Crippen LogP) is 4.80. The first-order chi connectivity index (χ1) is 10.9. The van der Waals surface area contributed by atoms with Crippen molar-refractivity contribution >= 4 is 5.78 Å². The van der Waals surface area contributed by atoms with Gasteiger partial charge in [0.15, 0.2) is 5.78 Å². The van der Waals surface area contributed by atoms with Gasteiger partial charge in [-0.3, -0.25) is 4.79 Å². The molecule has 118 valence electrons. The summed E-state index contributed by atoms with van der Waals surface area (Å²) in [5.74, 6) is 2.15. The Morgan fingerprint density at radius 3 is 2.22 bits per heavy atom. The third-order valence-corrected chi connectivity index (χ3v) is 3.32. The monoisotopic (exact) mass is 316 g/mol. The third-order valence-electron chi connectivity index (χ3n) is 3.32. The number of hydrogen-bond acceptors (Lipinski definition) is 1. The Hall–Kier alpha value is -2.54. The van der Waals surface area contributed by atoms with Crippen LogP contribution in [0.1, 0.15) is 27.9 Å². The molecular formula is C19H15F3O. The van der Waals surface area contributed by atoms with Crippen molar-refractivity contribution in [1.29, 1.82) is 0 Å². The second-order valence-corrected chi connectivity index (χ2v) is 5.22. The number of rotatable bonds is 3. The zero-order valence-corrected chi connectivity index (χ0v) is 12.5. The summed E-state index contributed by atoms with van der Waals surface area (Å²) in [5, 5.41) is 0. The highest BCUT2D eigenvalue weighted by atomic mass is 19.4. The highest BCUT2D eigenvalue weighted by Crippen LogP contribution is 2.29. The minimum absolute atomic E-state index is 0.270. The summed E-state index contributed by atoms with van der Waals surface area (Å²) in [6, 6.07) is 14.9. The van der Waals surface area contributed by atoms with Gasteiger partial charge in [0.05, 0.1) is 0 Å². The average molecular weight is 316 g/mol. The van der Waals surface area contributed by atoms with Crippen LogP contribution in [-0.2, 0) is 0 Å². The van der Waals surface area contributed by atoms with E-state index in [-0.39, 0.29) is 5.56 Å². The maximum Gasteiger partial charge on any atom is 0.402 e. The molecule has 2 aromatic carbocycles. The van der Waals surface area contributed by atoms with Crippen molar-refractivity contribution in [2.24, 2.45) is 5.92 Å². The molecular weight excluding hydrogens is 301 g/mol. The van der Waals surface area contributed by atoms with Crippen LogP contribution in [0.15, 0.2) is 54.6 Å². The van der Waals surface area contributed by atoms with Crippen LogP contribution in [0.2, 0.25) is 0 Å². The molecule has 0 aliphatic carbocycles. The molecule has 2 rings (SSSR count). The Morgan fingerprint density at radius 2 is 1.65 bits per heavy atom. The number of alkyl halides is 3. The SMILES string of the molecule is Cc1ccc(C(=O)C[C@@H](C#Cc2ccccc2)C(F)(F)F)cc1. The van der Waals surface area contributed by atoms with Crippen molar-refractivity contribution in [2.75, 3.05) is 0 Å². The van der Waals surface area contributed by atoms with Gasteiger partial charge in [0.25, 0.3) is 0 Å². The van der Waals surface area contributed by atoms with E-state index >= 15 is 0 Å². The van der Waals surface area contributed by atoms with E-state index in [1.807, 2.05) is 6.92 Å². The smallest absolute Gasteiger partial charge is 0.294 e. The number of aryl methyl sites for hydroxylation is 1. The number of carbonyl (C=O) groups is 1. The molecule has 23 heavy (non-hydrogen) atoms. The molecule has 2 aromatic rings. The number of Topliss-reactive ketones (excluding diaryl/α,β-unsaturated/α-hetero) is 1. The van der Waals surface area contributed by atoms with Gasteiger partial charge in [-0.15, -0.1) is 0 Å². The van der Waals surface area contributed by atoms with Gasteiger partial charge in [-0.25, -0.2) is 0 Å². The summed E-state index contributed by atoms with van der Waals surface area (Å²) in [6.07, 6.45) is -5.21. The van der Waals surface area contributed by atoms with Gasteiger partial charge in [-0.2, -0.15) is 13.2 Å². The molecule has 0 radical (unpaired) electrons. The second kappa shape index (κ2) is 7.15. The Kier molecular flexibility index (Phi) is 5.23. The van der Waals surface area contributed by atoms with E-state index in [0.717, 1.165) is 5.56 Å². The lowest BCUT2D eigenvalue weighted by Gasteiger charge is -2.14. The van der Waals surface area contributed by atoms with Crippen LogP contribution in [0.25, 0.3) is 0 Å². The van der Waals surface area contributed by atoms with Crippen molar-refractivity contribution in [2.45, 2.75) is 19.5 Å². The molecule has 0 bridgehead atoms. The zero-order chi connectivity index (χ0) is 16.9. The van der Waals surface area contributed by atoms with Crippen molar-refractivity contribution in [3.8, 4) is 11.8 Å². The summed E-state index contributed by atoms with van der Waals surface area (Å²) in [5.41, 5.74) is 1.70. The normalized spacial score (nSPS) is 12.2. The average Bonchev–Trinajstić information content (AvgIpc) is 2.51. The highest BCUT2D eigenvalue weighted by molar-refractivity contribution is 5.96. The quantitative estimate of drug-likeness (QED) is 0.587. The molecule has 0 unspecified atom stereocenters. The Morgan fingerprint density at radius 1 is 1.04 bits per heavy atom. The Balaban J connectivity index is 2.18. The van der Waals surface area contributed by atoms with Gasteiger partial charge in [0.2, 0.25) is 0 Å². The van der Waals surface area contributed by atoms with Crippen LogP contribution >= 0.6 is 0 Å². The molecule has 0 heterocycles. The number of halogens is 3. The first-order valence-electron chi connectivity index (χ1n) is 7.09. The standard InChI is InChI=1S/C19H15F3O/c1-14-7-10-16(11-8-14)18(23)13-17(19(20,21)22)12-9-15-5-3-2-4-6-15/h2-8,10-11,17H,13H2,1H3/t17-/m1/s1. The lowest BCUT2D eigenvalue weighted by Crippen LogP contribution is -2.24. The van der Waals surface area contributed by atoms with E-state index in [2.05, 4.69) is 11.8 Å². The molecule has 1 nitrogen and oxygen atoms in total. The summed E-state index contributed by atoms with van der Waals surface area (Å²) in [4.78, 5) is 12.1. The zero-order valence-electron chi connectivity index (χ0n) is 12.5. The lowest BCUT2D eigenvalue weighted by atomic mass is 9.97. The van der Waals surface area contributed by atoms with Crippen LogP contribution in [0.5, 0.6) is 0 Å². The van der Waals surface area contributed by atoms with Crippen LogP contribution in [0.4, 0.5) is 13.2 Å². The summed E-state index contributed by atoms with van der Waals surface area (Å²) >= 11 is 0. The first-order valence-corrected chi connectivity index (χ1v) is 7.09. The fraction of sp³-hybridized carbons (Fsp3) is 0.211. The number of benzene rings is 2. The Bertz CT molecular complexity index is 719. The topological polar surface area (TPSA) is 17.1 Å². The number of ketones is 1. The van der Waals surface area contributed by atoms with Crippen molar-refractivity contribution < 1.29 is 18.0 Å². The van der Waals surface area contributed by atoms with Crippen LogP contribution in [-0.4, -0.2) is 12.0 Å². The molecule has 0 saturated heterocycles. The van der Waals surface area contributed by atoms with E-state index < -0.39 is 24.3 Å². The maximum absolute atomic E-state index is 13.1. The molecule has 0 saturated carbocycles. The number of hydrogen-bond donors (Lipinski definition) is 0. The third kappa shape index (κ3) is 5.00. The number of carbonyl (C=O) groups excluding carboxylic acids is 1. The molecule has 0 aliphatic rings. The summed E-state index contributed by atoms with van der Waals surface area (Å²) in [6.45, 7) is 1.85. The van der Waals surface area contributed by atoms with Gasteiger partial charge in [-0.05, 0) is 19.1 Å². The minimum atomic E-state index is -4.54. The molecule has 0 fully saturated rings. The van der Waals surface area contributed by atoms with Crippen molar-refractivity contribution in [1.82, 2.24) is 0 Å². The molecule has 0 aromatic heterocycles. The van der Waals surface area contributed by atoms with Gasteiger partial charge >= 0.3 is 6.18 Å². The molecule has 4 heteroatoms. The first kappa shape index (κ1) is 16.8. The molecule has 0 spiro atoms.